The molecule has 2 rings (SSSR count). The molecule has 1 atom stereocenters. The molecule has 0 bridgehead atoms. The summed E-state index contributed by atoms with van der Waals surface area (Å²) >= 11 is 0. The molecule has 2 N–H and O–H groups in total. The Morgan fingerprint density at radius 3 is 2.31 bits per heavy atom. The lowest BCUT2D eigenvalue weighted by atomic mass is 9.87. The number of carbonyl (C=O) groups is 4. The molecule has 8 nitrogen and oxygen atoms in total. The van der Waals surface area contributed by atoms with Gasteiger partial charge < -0.3 is 15.5 Å². The molecule has 0 aromatic heterocycles. The van der Waals surface area contributed by atoms with Crippen LogP contribution in [-0.4, -0.2) is 59.2 Å². The van der Waals surface area contributed by atoms with Gasteiger partial charge in [-0.05, 0) is 44.9 Å². The van der Waals surface area contributed by atoms with Gasteiger partial charge >= 0.3 is 6.03 Å². The molecule has 9 heteroatoms. The molecule has 29 heavy (non-hydrogen) atoms. The van der Waals surface area contributed by atoms with Crippen molar-refractivity contribution in [2.45, 2.75) is 45.2 Å². The number of hydrogen-bond donors (Lipinski definition) is 2. The van der Waals surface area contributed by atoms with E-state index in [1.54, 1.807) is 6.92 Å². The van der Waals surface area contributed by atoms with E-state index in [2.05, 4.69) is 10.6 Å². The third-order valence-electron chi connectivity index (χ3n) is 4.66. The van der Waals surface area contributed by atoms with Crippen LogP contribution in [-0.2, 0) is 19.9 Å². The summed E-state index contributed by atoms with van der Waals surface area (Å²) < 4.78 is 13.3. The van der Waals surface area contributed by atoms with E-state index in [0.29, 0.717) is 5.56 Å². The molecule has 1 aromatic carbocycles. The van der Waals surface area contributed by atoms with Crippen LogP contribution < -0.4 is 10.6 Å². The van der Waals surface area contributed by atoms with Crippen molar-refractivity contribution in [1.29, 1.82) is 0 Å². The van der Waals surface area contributed by atoms with Gasteiger partial charge in [-0.25, -0.2) is 9.18 Å². The summed E-state index contributed by atoms with van der Waals surface area (Å²) in [4.78, 5) is 51.9. The zero-order chi connectivity index (χ0) is 22.0. The average molecular weight is 406 g/mol. The van der Waals surface area contributed by atoms with Crippen LogP contribution in [0.15, 0.2) is 24.3 Å². The van der Waals surface area contributed by atoms with Crippen LogP contribution in [0.4, 0.5) is 9.18 Å². The second-order valence-corrected chi connectivity index (χ2v) is 8.14. The predicted molar refractivity (Wildman–Crippen MR) is 104 cm³/mol. The van der Waals surface area contributed by atoms with Crippen LogP contribution in [0.1, 0.15) is 39.7 Å². The Morgan fingerprint density at radius 2 is 1.79 bits per heavy atom. The van der Waals surface area contributed by atoms with Gasteiger partial charge in [-0.3, -0.25) is 19.3 Å². The number of amides is 5. The lowest BCUT2D eigenvalue weighted by molar-refractivity contribution is -0.140. The minimum Gasteiger partial charge on any atom is -0.350 e. The number of nitrogens with one attached hydrogen (secondary N) is 2. The number of imide groups is 1. The summed E-state index contributed by atoms with van der Waals surface area (Å²) in [5.41, 5.74) is -1.36. The molecule has 1 aliphatic heterocycles. The van der Waals surface area contributed by atoms with Crippen LogP contribution in [0.5, 0.6) is 0 Å². The molecule has 0 radical (unpaired) electrons. The summed E-state index contributed by atoms with van der Waals surface area (Å²) in [5, 5.41) is 5.37. The first-order valence-corrected chi connectivity index (χ1v) is 9.35. The largest absolute Gasteiger partial charge is 0.350 e. The first kappa shape index (κ1) is 22.3. The van der Waals surface area contributed by atoms with Crippen LogP contribution in [0, 0.1) is 5.82 Å². The highest BCUT2D eigenvalue weighted by Gasteiger charge is 2.51. The maximum absolute atomic E-state index is 13.3. The molecule has 1 aromatic rings. The summed E-state index contributed by atoms with van der Waals surface area (Å²) in [6, 6.07) is 4.59. The van der Waals surface area contributed by atoms with E-state index in [-0.39, 0.29) is 18.9 Å². The van der Waals surface area contributed by atoms with Crippen LogP contribution in [0.25, 0.3) is 0 Å². The second-order valence-electron chi connectivity index (χ2n) is 8.14. The fourth-order valence-corrected chi connectivity index (χ4v) is 3.16. The SMILES string of the molecule is CC[C@]1(c2ccc(F)cc2)NC(=O)N(CC(=O)N(C)CC(=O)NC(C)(C)C)C1=O. The minimum atomic E-state index is -1.35. The monoisotopic (exact) mass is 406 g/mol. The fraction of sp³-hybridized carbons (Fsp3) is 0.500. The van der Waals surface area contributed by atoms with Crippen molar-refractivity contribution in [1.82, 2.24) is 20.4 Å². The molecule has 5 amide bonds. The van der Waals surface area contributed by atoms with Gasteiger partial charge in [0, 0.05) is 12.6 Å². The predicted octanol–water partition coefficient (Wildman–Crippen LogP) is 1.36. The number of carbonyl (C=O) groups excluding carboxylic acids is 4. The van der Waals surface area contributed by atoms with Crippen molar-refractivity contribution in [3.63, 3.8) is 0 Å². The normalized spacial score (nSPS) is 19.2. The van der Waals surface area contributed by atoms with Gasteiger partial charge in [0.15, 0.2) is 0 Å². The molecule has 0 saturated carbocycles. The van der Waals surface area contributed by atoms with Crippen molar-refractivity contribution in [2.24, 2.45) is 0 Å². The molecule has 0 aliphatic carbocycles. The highest BCUT2D eigenvalue weighted by molar-refractivity contribution is 6.09. The van der Waals surface area contributed by atoms with E-state index in [0.717, 1.165) is 9.80 Å². The molecular formula is C20H27FN4O4. The Hall–Kier alpha value is -2.97. The minimum absolute atomic E-state index is 0.198. The number of benzene rings is 1. The standard InChI is InChI=1S/C20H27FN4O4/c1-6-20(13-7-9-14(21)10-8-13)17(28)25(18(29)23-20)12-16(27)24(5)11-15(26)22-19(2,3)4/h7-10H,6,11-12H2,1-5H3,(H,22,26)(H,23,29)/t20-/m1/s1. The average Bonchev–Trinajstić information content (AvgIpc) is 2.85. The number of likely N-dealkylation sites (N-methyl/N-ethyl adjacent to an activating group) is 1. The van der Waals surface area contributed by atoms with E-state index >= 15 is 0 Å². The Labute approximate surface area is 169 Å². The van der Waals surface area contributed by atoms with Gasteiger partial charge in [0.1, 0.15) is 17.9 Å². The number of rotatable bonds is 6. The van der Waals surface area contributed by atoms with Crippen LogP contribution >= 0.6 is 0 Å². The maximum Gasteiger partial charge on any atom is 0.325 e. The highest BCUT2D eigenvalue weighted by atomic mass is 19.1. The molecule has 1 saturated heterocycles. The Morgan fingerprint density at radius 1 is 1.21 bits per heavy atom. The zero-order valence-corrected chi connectivity index (χ0v) is 17.3. The van der Waals surface area contributed by atoms with E-state index in [4.69, 9.17) is 0 Å². The number of hydrogen-bond acceptors (Lipinski definition) is 4. The van der Waals surface area contributed by atoms with Gasteiger partial charge in [-0.1, -0.05) is 19.1 Å². The lowest BCUT2D eigenvalue weighted by Crippen LogP contribution is -2.49. The quantitative estimate of drug-likeness (QED) is 0.697. The topological polar surface area (TPSA) is 98.8 Å². The fourth-order valence-electron chi connectivity index (χ4n) is 3.16. The van der Waals surface area contributed by atoms with Crippen molar-refractivity contribution in [3.8, 4) is 0 Å². The Balaban J connectivity index is 2.12. The molecule has 1 heterocycles. The summed E-state index contributed by atoms with van der Waals surface area (Å²) in [6.07, 6.45) is 0.234. The van der Waals surface area contributed by atoms with E-state index in [1.807, 2.05) is 20.8 Å². The molecule has 1 aliphatic rings. The van der Waals surface area contributed by atoms with Crippen molar-refractivity contribution >= 4 is 23.8 Å². The summed E-state index contributed by atoms with van der Waals surface area (Å²) in [7, 11) is 1.43. The van der Waals surface area contributed by atoms with Gasteiger partial charge in [0.2, 0.25) is 11.8 Å². The molecular weight excluding hydrogens is 379 g/mol. The van der Waals surface area contributed by atoms with Gasteiger partial charge in [0.25, 0.3) is 5.91 Å². The third-order valence-corrected chi connectivity index (χ3v) is 4.66. The zero-order valence-electron chi connectivity index (χ0n) is 17.3. The molecule has 0 unspecified atom stereocenters. The van der Waals surface area contributed by atoms with Crippen LogP contribution in [0.3, 0.4) is 0 Å². The van der Waals surface area contributed by atoms with Crippen molar-refractivity contribution in [3.05, 3.63) is 35.6 Å². The highest BCUT2D eigenvalue weighted by Crippen LogP contribution is 2.32. The van der Waals surface area contributed by atoms with Crippen LogP contribution in [0.2, 0.25) is 0 Å². The molecule has 158 valence electrons. The summed E-state index contributed by atoms with van der Waals surface area (Å²) in [6.45, 7) is 6.48. The van der Waals surface area contributed by atoms with E-state index < -0.39 is 41.3 Å². The van der Waals surface area contributed by atoms with Gasteiger partial charge in [-0.2, -0.15) is 0 Å². The number of nitrogens with zero attached hydrogens (tertiary/aromatic N) is 2. The Kier molecular flexibility index (Phi) is 6.30. The smallest absolute Gasteiger partial charge is 0.325 e. The first-order chi connectivity index (χ1) is 13.4. The third kappa shape index (κ3) is 4.90. The lowest BCUT2D eigenvalue weighted by Gasteiger charge is -2.26. The maximum atomic E-state index is 13.3. The molecule has 1 fully saturated rings. The summed E-state index contributed by atoms with van der Waals surface area (Å²) in [5.74, 6) is -1.94. The first-order valence-electron chi connectivity index (χ1n) is 9.35. The van der Waals surface area contributed by atoms with Crippen molar-refractivity contribution < 1.29 is 23.6 Å². The number of halogens is 1. The van der Waals surface area contributed by atoms with E-state index in [9.17, 15) is 23.6 Å². The van der Waals surface area contributed by atoms with Gasteiger partial charge in [-0.15, -0.1) is 0 Å². The van der Waals surface area contributed by atoms with E-state index in [1.165, 1.54) is 31.3 Å². The molecule has 0 spiro atoms. The second kappa shape index (κ2) is 8.18. The number of urea groups is 1. The Bertz CT molecular complexity index is 819. The van der Waals surface area contributed by atoms with Gasteiger partial charge in [0.05, 0.1) is 6.54 Å². The van der Waals surface area contributed by atoms with Crippen molar-refractivity contribution in [2.75, 3.05) is 20.1 Å².